The van der Waals surface area contributed by atoms with Gasteiger partial charge in [-0.3, -0.25) is 0 Å². The summed E-state index contributed by atoms with van der Waals surface area (Å²) in [4.78, 5) is 9.15. The Labute approximate surface area is 122 Å². The molecular formula is C15H16ClN3O. The van der Waals surface area contributed by atoms with Crippen molar-refractivity contribution in [1.29, 1.82) is 0 Å². The van der Waals surface area contributed by atoms with Crippen LogP contribution >= 0.6 is 11.6 Å². The number of hydrogen-bond donors (Lipinski definition) is 0. The third kappa shape index (κ3) is 2.10. The van der Waals surface area contributed by atoms with E-state index in [1.165, 1.54) is 0 Å². The first kappa shape index (κ1) is 13.2. The molecule has 3 rings (SSSR count). The topological polar surface area (TPSA) is 43.9 Å². The van der Waals surface area contributed by atoms with E-state index in [0.717, 1.165) is 34.2 Å². The molecule has 1 atom stereocenters. The van der Waals surface area contributed by atoms with Gasteiger partial charge in [-0.05, 0) is 45.0 Å². The average Bonchev–Trinajstić information content (AvgIpc) is 3.01. The van der Waals surface area contributed by atoms with E-state index in [1.54, 1.807) is 0 Å². The van der Waals surface area contributed by atoms with E-state index < -0.39 is 0 Å². The van der Waals surface area contributed by atoms with Crippen LogP contribution in [0.5, 0.6) is 0 Å². The third-order valence-corrected chi connectivity index (χ3v) is 3.67. The van der Waals surface area contributed by atoms with E-state index in [2.05, 4.69) is 16.9 Å². The molecule has 20 heavy (non-hydrogen) atoms. The first-order chi connectivity index (χ1) is 9.60. The van der Waals surface area contributed by atoms with Crippen LogP contribution in [0.25, 0.3) is 11.2 Å². The van der Waals surface area contributed by atoms with E-state index in [-0.39, 0.29) is 6.04 Å². The lowest BCUT2D eigenvalue weighted by Crippen LogP contribution is -2.10. The maximum Gasteiger partial charge on any atom is 0.160 e. The minimum absolute atomic E-state index is 0.0109. The third-order valence-electron chi connectivity index (χ3n) is 3.43. The summed E-state index contributed by atoms with van der Waals surface area (Å²) in [5.74, 6) is 2.94. The Morgan fingerprint density at radius 2 is 2.00 bits per heavy atom. The molecule has 0 saturated heterocycles. The lowest BCUT2D eigenvalue weighted by Gasteiger charge is -2.14. The number of halogens is 1. The molecule has 0 radical (unpaired) electrons. The van der Waals surface area contributed by atoms with Gasteiger partial charge in [0.25, 0.3) is 0 Å². The van der Waals surface area contributed by atoms with Crippen LogP contribution in [0.2, 0.25) is 0 Å². The molecule has 0 fully saturated rings. The molecule has 3 heterocycles. The second-order valence-electron chi connectivity index (χ2n) is 4.95. The van der Waals surface area contributed by atoms with Gasteiger partial charge in [0.2, 0.25) is 0 Å². The van der Waals surface area contributed by atoms with Crippen LogP contribution in [0.4, 0.5) is 0 Å². The normalized spacial score (nSPS) is 13.0. The second-order valence-corrected chi connectivity index (χ2v) is 5.22. The number of nitrogens with zero attached hydrogens (tertiary/aromatic N) is 3. The van der Waals surface area contributed by atoms with E-state index in [1.807, 2.05) is 42.7 Å². The number of aromatic nitrogens is 3. The van der Waals surface area contributed by atoms with Crippen molar-refractivity contribution in [1.82, 2.24) is 14.5 Å². The van der Waals surface area contributed by atoms with E-state index in [0.29, 0.717) is 5.88 Å². The first-order valence-electron chi connectivity index (χ1n) is 6.57. The van der Waals surface area contributed by atoms with Crippen LogP contribution in [0.3, 0.4) is 0 Å². The van der Waals surface area contributed by atoms with Crippen LogP contribution in [0, 0.1) is 13.8 Å². The molecule has 0 saturated carbocycles. The number of hydrogen-bond acceptors (Lipinski definition) is 3. The van der Waals surface area contributed by atoms with Crippen molar-refractivity contribution in [3.63, 3.8) is 0 Å². The Hall–Kier alpha value is -1.81. The fourth-order valence-electron chi connectivity index (χ4n) is 2.42. The predicted molar refractivity (Wildman–Crippen MR) is 79.1 cm³/mol. The Morgan fingerprint density at radius 3 is 2.65 bits per heavy atom. The van der Waals surface area contributed by atoms with Crippen molar-refractivity contribution in [2.75, 3.05) is 0 Å². The molecule has 3 aromatic rings. The summed E-state index contributed by atoms with van der Waals surface area (Å²) in [7, 11) is 0. The number of aryl methyl sites for hydroxylation is 2. The molecule has 3 aromatic heterocycles. The van der Waals surface area contributed by atoms with Gasteiger partial charge in [0, 0.05) is 5.69 Å². The van der Waals surface area contributed by atoms with Gasteiger partial charge in [-0.2, -0.15) is 0 Å². The molecule has 4 nitrogen and oxygen atoms in total. The molecule has 0 aromatic carbocycles. The minimum atomic E-state index is 0.0109. The lowest BCUT2D eigenvalue weighted by atomic mass is 10.2. The molecule has 0 amide bonds. The highest BCUT2D eigenvalue weighted by molar-refractivity contribution is 6.16. The Balaban J connectivity index is 2.20. The summed E-state index contributed by atoms with van der Waals surface area (Å²) in [5.41, 5.74) is 2.67. The van der Waals surface area contributed by atoms with Gasteiger partial charge < -0.3 is 8.98 Å². The summed E-state index contributed by atoms with van der Waals surface area (Å²) in [5, 5.41) is 0. The summed E-state index contributed by atoms with van der Waals surface area (Å²) in [6.45, 7) is 5.98. The standard InChI is InChI=1S/C15H16ClN3O/c1-9-4-6-12-15(17-9)19(14(8-16)18-12)11(3)13-7-5-10(2)20-13/h4-7,11H,8H2,1-3H3. The highest BCUT2D eigenvalue weighted by atomic mass is 35.5. The zero-order chi connectivity index (χ0) is 14.3. The summed E-state index contributed by atoms with van der Waals surface area (Å²) in [6.07, 6.45) is 0. The smallest absolute Gasteiger partial charge is 0.160 e. The maximum absolute atomic E-state index is 6.04. The van der Waals surface area contributed by atoms with E-state index >= 15 is 0 Å². The number of pyridine rings is 1. The van der Waals surface area contributed by atoms with Gasteiger partial charge in [-0.15, -0.1) is 11.6 Å². The highest BCUT2D eigenvalue weighted by Crippen LogP contribution is 2.27. The second kappa shape index (κ2) is 4.94. The zero-order valence-corrected chi connectivity index (χ0v) is 12.5. The Morgan fingerprint density at radius 1 is 1.20 bits per heavy atom. The quantitative estimate of drug-likeness (QED) is 0.685. The fourth-order valence-corrected chi connectivity index (χ4v) is 2.61. The molecule has 0 N–H and O–H groups in total. The van der Waals surface area contributed by atoms with Crippen LogP contribution in [0.15, 0.2) is 28.7 Å². The van der Waals surface area contributed by atoms with E-state index in [9.17, 15) is 0 Å². The summed E-state index contributed by atoms with van der Waals surface area (Å²) in [6, 6.07) is 7.89. The van der Waals surface area contributed by atoms with Crippen molar-refractivity contribution < 1.29 is 4.42 Å². The largest absolute Gasteiger partial charge is 0.464 e. The molecule has 0 aliphatic heterocycles. The van der Waals surface area contributed by atoms with Crippen molar-refractivity contribution in [3.05, 3.63) is 47.3 Å². The van der Waals surface area contributed by atoms with Crippen molar-refractivity contribution in [2.45, 2.75) is 32.7 Å². The zero-order valence-electron chi connectivity index (χ0n) is 11.7. The summed E-state index contributed by atoms with van der Waals surface area (Å²) >= 11 is 6.04. The van der Waals surface area contributed by atoms with Crippen LogP contribution in [0.1, 0.15) is 36.0 Å². The number of imidazole rings is 1. The lowest BCUT2D eigenvalue weighted by molar-refractivity contribution is 0.428. The molecule has 0 aliphatic carbocycles. The number of rotatable bonds is 3. The minimum Gasteiger partial charge on any atom is -0.464 e. The van der Waals surface area contributed by atoms with Crippen LogP contribution in [-0.4, -0.2) is 14.5 Å². The molecule has 5 heteroatoms. The van der Waals surface area contributed by atoms with Gasteiger partial charge in [0.1, 0.15) is 22.9 Å². The average molecular weight is 290 g/mol. The summed E-state index contributed by atoms with van der Waals surface area (Å²) < 4.78 is 7.78. The first-order valence-corrected chi connectivity index (χ1v) is 7.10. The number of alkyl halides is 1. The number of furan rings is 1. The monoisotopic (exact) mass is 289 g/mol. The molecule has 0 bridgehead atoms. The van der Waals surface area contributed by atoms with Crippen molar-refractivity contribution >= 4 is 22.8 Å². The predicted octanol–water partition coefficient (Wildman–Crippen LogP) is 3.99. The van der Waals surface area contributed by atoms with E-state index in [4.69, 9.17) is 16.0 Å². The van der Waals surface area contributed by atoms with Gasteiger partial charge in [-0.25, -0.2) is 9.97 Å². The molecule has 1 unspecified atom stereocenters. The van der Waals surface area contributed by atoms with Gasteiger partial charge in [0.05, 0.1) is 11.9 Å². The fraction of sp³-hybridized carbons (Fsp3) is 0.333. The van der Waals surface area contributed by atoms with Crippen molar-refractivity contribution in [2.24, 2.45) is 0 Å². The molecule has 0 spiro atoms. The maximum atomic E-state index is 6.04. The van der Waals surface area contributed by atoms with Crippen LogP contribution < -0.4 is 0 Å². The number of fused-ring (bicyclic) bond motifs is 1. The highest BCUT2D eigenvalue weighted by Gasteiger charge is 2.20. The Bertz CT molecular complexity index is 760. The van der Waals surface area contributed by atoms with Gasteiger partial charge in [0.15, 0.2) is 5.65 Å². The van der Waals surface area contributed by atoms with Crippen LogP contribution in [-0.2, 0) is 5.88 Å². The molecular weight excluding hydrogens is 274 g/mol. The van der Waals surface area contributed by atoms with Gasteiger partial charge in [-0.1, -0.05) is 0 Å². The Kier molecular flexibility index (Phi) is 3.26. The molecule has 104 valence electrons. The SMILES string of the molecule is Cc1ccc2nc(CCl)n(C(C)c3ccc(C)o3)c2n1. The molecule has 0 aliphatic rings. The van der Waals surface area contributed by atoms with Crippen molar-refractivity contribution in [3.8, 4) is 0 Å². The van der Waals surface area contributed by atoms with Gasteiger partial charge >= 0.3 is 0 Å².